The molecule has 0 aromatic heterocycles. The number of piperidine rings is 1. The zero-order valence-corrected chi connectivity index (χ0v) is 20.6. The molecule has 5 rings (SSSR count). The van der Waals surface area contributed by atoms with Gasteiger partial charge in [-0.15, -0.1) is 0 Å². The molecular weight excluding hydrogens is 438 g/mol. The summed E-state index contributed by atoms with van der Waals surface area (Å²) >= 11 is 0. The molecule has 0 spiro atoms. The lowest BCUT2D eigenvalue weighted by atomic mass is 9.90. The van der Waals surface area contributed by atoms with Crippen LogP contribution in [-0.4, -0.2) is 52.8 Å². The van der Waals surface area contributed by atoms with Crippen molar-refractivity contribution >= 4 is 23.4 Å². The van der Waals surface area contributed by atoms with Crippen LogP contribution in [0.4, 0.5) is 5.69 Å². The molecule has 0 N–H and O–H groups in total. The Bertz CT molecular complexity index is 1090. The number of benzene rings is 2. The molecule has 0 saturated carbocycles. The minimum atomic E-state index is -0.650. The van der Waals surface area contributed by atoms with Crippen LogP contribution in [-0.2, 0) is 16.0 Å². The van der Waals surface area contributed by atoms with Gasteiger partial charge >= 0.3 is 0 Å². The molecule has 3 amide bonds. The first kappa shape index (κ1) is 23.6. The summed E-state index contributed by atoms with van der Waals surface area (Å²) in [5, 5.41) is 0. The molecule has 0 bridgehead atoms. The number of hydrogen-bond acceptors (Lipinski definition) is 3. The van der Waals surface area contributed by atoms with Crippen molar-refractivity contribution in [3.05, 3.63) is 65.7 Å². The van der Waals surface area contributed by atoms with Crippen molar-refractivity contribution in [2.24, 2.45) is 5.92 Å². The fourth-order valence-corrected chi connectivity index (χ4v) is 6.07. The summed E-state index contributed by atoms with van der Waals surface area (Å²) in [5.41, 5.74) is 2.02. The van der Waals surface area contributed by atoms with Gasteiger partial charge in [-0.25, -0.2) is 0 Å². The van der Waals surface area contributed by atoms with Crippen molar-refractivity contribution in [3.8, 4) is 0 Å². The molecule has 1 atom stereocenters. The van der Waals surface area contributed by atoms with E-state index in [-0.39, 0.29) is 17.7 Å². The third kappa shape index (κ3) is 4.58. The Morgan fingerprint density at radius 3 is 2.49 bits per heavy atom. The van der Waals surface area contributed by atoms with Crippen molar-refractivity contribution in [1.82, 2.24) is 9.80 Å². The minimum Gasteiger partial charge on any atom is -0.343 e. The van der Waals surface area contributed by atoms with Crippen molar-refractivity contribution < 1.29 is 14.4 Å². The molecule has 3 aliphatic heterocycles. The van der Waals surface area contributed by atoms with E-state index in [0.717, 1.165) is 32.4 Å². The number of anilines is 1. The molecule has 2 fully saturated rings. The molecule has 0 radical (unpaired) electrons. The molecule has 2 aromatic carbocycles. The lowest BCUT2D eigenvalue weighted by molar-refractivity contribution is -0.132. The summed E-state index contributed by atoms with van der Waals surface area (Å²) in [6, 6.07) is 18.0. The number of nitrogens with zero attached hydrogens (tertiary/aromatic N) is 3. The van der Waals surface area contributed by atoms with Crippen molar-refractivity contribution in [3.63, 3.8) is 0 Å². The van der Waals surface area contributed by atoms with Gasteiger partial charge in [0.1, 0.15) is 5.66 Å². The topological polar surface area (TPSA) is 60.9 Å². The van der Waals surface area contributed by atoms with Crippen molar-refractivity contribution in [2.75, 3.05) is 24.5 Å². The summed E-state index contributed by atoms with van der Waals surface area (Å²) in [7, 11) is 0. The zero-order valence-electron chi connectivity index (χ0n) is 20.6. The number of rotatable bonds is 7. The summed E-state index contributed by atoms with van der Waals surface area (Å²) in [4.78, 5) is 44.6. The van der Waals surface area contributed by atoms with Gasteiger partial charge in [0.25, 0.3) is 5.91 Å². The van der Waals surface area contributed by atoms with Crippen LogP contribution in [0.1, 0.15) is 67.8 Å². The normalized spacial score (nSPS) is 22.4. The molecule has 0 aliphatic carbocycles. The molecule has 35 heavy (non-hydrogen) atoms. The minimum absolute atomic E-state index is 0.0410. The Balaban J connectivity index is 1.13. The van der Waals surface area contributed by atoms with Crippen molar-refractivity contribution in [2.45, 2.75) is 64.0 Å². The Labute approximate surface area is 207 Å². The van der Waals surface area contributed by atoms with Gasteiger partial charge in [-0.3, -0.25) is 19.3 Å². The number of hydrogen-bond donors (Lipinski definition) is 0. The van der Waals surface area contributed by atoms with Crippen molar-refractivity contribution in [1.29, 1.82) is 0 Å². The van der Waals surface area contributed by atoms with E-state index >= 15 is 0 Å². The Hall–Kier alpha value is -3.15. The number of fused-ring (bicyclic) bond motifs is 3. The van der Waals surface area contributed by atoms with Crippen LogP contribution in [0.15, 0.2) is 54.6 Å². The largest absolute Gasteiger partial charge is 0.343 e. The van der Waals surface area contributed by atoms with E-state index in [2.05, 4.69) is 30.3 Å². The standard InChI is InChI=1S/C29H35N3O3/c1-29-18-15-27(34)32(29)25-11-6-5-10-24(25)28(35)31(29)19-7-12-26(33)30-20-16-23(17-21-30)14-13-22-8-3-2-4-9-22/h2-6,8-11,23H,7,12-21H2,1H3. The van der Waals surface area contributed by atoms with Crippen LogP contribution < -0.4 is 4.90 Å². The molecule has 3 aliphatic rings. The highest BCUT2D eigenvalue weighted by molar-refractivity contribution is 6.10. The molecule has 6 heteroatoms. The quantitative estimate of drug-likeness (QED) is 0.589. The number of carbonyl (C=O) groups excluding carboxylic acids is 3. The molecule has 2 saturated heterocycles. The highest BCUT2D eigenvalue weighted by Crippen LogP contribution is 2.44. The Morgan fingerprint density at radius 1 is 1.00 bits per heavy atom. The first-order valence-corrected chi connectivity index (χ1v) is 13.0. The van der Waals surface area contributed by atoms with Gasteiger partial charge in [-0.05, 0) is 69.1 Å². The highest BCUT2D eigenvalue weighted by atomic mass is 16.2. The van der Waals surface area contributed by atoms with Gasteiger partial charge in [0, 0.05) is 32.5 Å². The van der Waals surface area contributed by atoms with Crippen LogP contribution in [0.3, 0.4) is 0 Å². The summed E-state index contributed by atoms with van der Waals surface area (Å²) in [6.45, 7) is 4.11. The van der Waals surface area contributed by atoms with E-state index in [0.29, 0.717) is 49.4 Å². The fraction of sp³-hybridized carbons (Fsp3) is 0.483. The van der Waals surface area contributed by atoms with Crippen LogP contribution in [0.5, 0.6) is 0 Å². The average molecular weight is 474 g/mol. The third-order valence-electron chi connectivity index (χ3n) is 8.17. The zero-order chi connectivity index (χ0) is 24.4. The number of para-hydroxylation sites is 1. The van der Waals surface area contributed by atoms with E-state index in [1.807, 2.05) is 34.9 Å². The number of likely N-dealkylation sites (tertiary alicyclic amines) is 1. The Kier molecular flexibility index (Phi) is 6.63. The number of carbonyl (C=O) groups is 3. The average Bonchev–Trinajstić information content (AvgIpc) is 3.20. The van der Waals surface area contributed by atoms with E-state index in [1.54, 1.807) is 11.0 Å². The van der Waals surface area contributed by atoms with Crippen LogP contribution in [0.2, 0.25) is 0 Å². The second kappa shape index (κ2) is 9.84. The predicted octanol–water partition coefficient (Wildman–Crippen LogP) is 4.64. The second-order valence-electron chi connectivity index (χ2n) is 10.4. The second-order valence-corrected chi connectivity index (χ2v) is 10.4. The van der Waals surface area contributed by atoms with Gasteiger partial charge < -0.3 is 9.80 Å². The monoisotopic (exact) mass is 473 g/mol. The van der Waals surface area contributed by atoms with Crippen LogP contribution in [0.25, 0.3) is 0 Å². The molecule has 6 nitrogen and oxygen atoms in total. The molecule has 184 valence electrons. The lowest BCUT2D eigenvalue weighted by Gasteiger charge is -2.48. The fourth-order valence-electron chi connectivity index (χ4n) is 6.07. The third-order valence-corrected chi connectivity index (χ3v) is 8.17. The molecular formula is C29H35N3O3. The SMILES string of the molecule is CC12CCC(=O)N1c1ccccc1C(=O)N2CCCC(=O)N1CCC(CCc2ccccc2)CC1. The van der Waals surface area contributed by atoms with E-state index in [9.17, 15) is 14.4 Å². The summed E-state index contributed by atoms with van der Waals surface area (Å²) in [6.07, 6.45) is 6.51. The molecule has 1 unspecified atom stereocenters. The van der Waals surface area contributed by atoms with E-state index < -0.39 is 5.66 Å². The summed E-state index contributed by atoms with van der Waals surface area (Å²) < 4.78 is 0. The maximum Gasteiger partial charge on any atom is 0.257 e. The number of aryl methyl sites for hydroxylation is 1. The van der Waals surface area contributed by atoms with Gasteiger partial charge in [-0.2, -0.15) is 0 Å². The molecule has 3 heterocycles. The van der Waals surface area contributed by atoms with Gasteiger partial charge in [0.05, 0.1) is 11.3 Å². The van der Waals surface area contributed by atoms with Gasteiger partial charge in [0.2, 0.25) is 11.8 Å². The molecule has 2 aromatic rings. The van der Waals surface area contributed by atoms with Gasteiger partial charge in [-0.1, -0.05) is 42.5 Å². The van der Waals surface area contributed by atoms with E-state index in [1.165, 1.54) is 12.0 Å². The maximum atomic E-state index is 13.3. The predicted molar refractivity (Wildman–Crippen MR) is 136 cm³/mol. The first-order chi connectivity index (χ1) is 17.0. The lowest BCUT2D eigenvalue weighted by Crippen LogP contribution is -2.62. The number of amides is 3. The maximum absolute atomic E-state index is 13.3. The van der Waals surface area contributed by atoms with Gasteiger partial charge in [0.15, 0.2) is 0 Å². The highest BCUT2D eigenvalue weighted by Gasteiger charge is 2.52. The summed E-state index contributed by atoms with van der Waals surface area (Å²) in [5.74, 6) is 0.876. The smallest absolute Gasteiger partial charge is 0.257 e. The van der Waals surface area contributed by atoms with E-state index in [4.69, 9.17) is 0 Å². The Morgan fingerprint density at radius 2 is 1.71 bits per heavy atom. The van der Waals surface area contributed by atoms with Crippen LogP contribution >= 0.6 is 0 Å². The first-order valence-electron chi connectivity index (χ1n) is 13.0. The van der Waals surface area contributed by atoms with Crippen LogP contribution in [0, 0.1) is 5.92 Å².